The number of nitrogens with one attached hydrogen (secondary N) is 1. The Labute approximate surface area is 229 Å². The van der Waals surface area contributed by atoms with E-state index in [0.717, 1.165) is 16.0 Å². The van der Waals surface area contributed by atoms with Gasteiger partial charge in [0, 0.05) is 6.21 Å². The molecule has 0 spiro atoms. The number of hydrogen-bond acceptors (Lipinski definition) is 6. The molecule has 1 atom stereocenters. The van der Waals surface area contributed by atoms with Gasteiger partial charge in [-0.15, -0.1) is 13.2 Å². The van der Waals surface area contributed by atoms with Gasteiger partial charge in [0.05, 0.1) is 13.7 Å². The number of carbonyl (C=O) groups excluding carboxylic acids is 2. The fourth-order valence-corrected chi connectivity index (χ4v) is 4.00. The maximum atomic E-state index is 12.7. The number of halogens is 3. The highest BCUT2D eigenvalue weighted by molar-refractivity contribution is 6.06. The molecule has 210 valence electrons. The van der Waals surface area contributed by atoms with Gasteiger partial charge < -0.3 is 19.5 Å². The number of rotatable bonds is 10. The molecule has 40 heavy (non-hydrogen) atoms. The van der Waals surface area contributed by atoms with Crippen molar-refractivity contribution in [3.05, 3.63) is 78.4 Å². The first-order valence-corrected chi connectivity index (χ1v) is 12.3. The number of benzene rings is 3. The van der Waals surface area contributed by atoms with Crippen LogP contribution in [0.5, 0.6) is 17.2 Å². The number of imide groups is 1. The summed E-state index contributed by atoms with van der Waals surface area (Å²) >= 11 is 0. The van der Waals surface area contributed by atoms with E-state index in [-0.39, 0.29) is 24.8 Å². The topological polar surface area (TPSA) is 89.5 Å². The highest BCUT2D eigenvalue weighted by Gasteiger charge is 2.44. The van der Waals surface area contributed by atoms with E-state index in [1.165, 1.54) is 24.3 Å². The molecule has 1 saturated heterocycles. The summed E-state index contributed by atoms with van der Waals surface area (Å²) in [5, 5.41) is 2.66. The molecule has 1 N–H and O–H groups in total. The fraction of sp³-hybridized carbons (Fsp3) is 0.276. The van der Waals surface area contributed by atoms with Crippen LogP contribution in [0.1, 0.15) is 19.4 Å². The van der Waals surface area contributed by atoms with Crippen LogP contribution < -0.4 is 19.5 Å². The van der Waals surface area contributed by atoms with Crippen molar-refractivity contribution in [1.82, 2.24) is 10.2 Å². The predicted octanol–water partition coefficient (Wildman–Crippen LogP) is 5.46. The van der Waals surface area contributed by atoms with Crippen LogP contribution in [0.3, 0.4) is 0 Å². The van der Waals surface area contributed by atoms with Crippen molar-refractivity contribution < 1.29 is 37.0 Å². The lowest BCUT2D eigenvalue weighted by molar-refractivity contribution is -0.274. The zero-order chi connectivity index (χ0) is 28.9. The Morgan fingerprint density at radius 3 is 1.95 bits per heavy atom. The third-order valence-electron chi connectivity index (χ3n) is 6.11. The van der Waals surface area contributed by atoms with E-state index >= 15 is 0 Å². The highest BCUT2D eigenvalue weighted by atomic mass is 19.4. The van der Waals surface area contributed by atoms with E-state index in [1.807, 2.05) is 12.1 Å². The van der Waals surface area contributed by atoms with Crippen LogP contribution in [0.4, 0.5) is 18.0 Å². The zero-order valence-corrected chi connectivity index (χ0v) is 22.1. The molecule has 0 aromatic heterocycles. The first-order chi connectivity index (χ1) is 18.9. The third-order valence-corrected chi connectivity index (χ3v) is 6.11. The van der Waals surface area contributed by atoms with Gasteiger partial charge >= 0.3 is 12.4 Å². The molecule has 0 bridgehead atoms. The summed E-state index contributed by atoms with van der Waals surface area (Å²) in [6, 6.07) is 18.7. The summed E-state index contributed by atoms with van der Waals surface area (Å²) < 4.78 is 52.2. The van der Waals surface area contributed by atoms with Crippen molar-refractivity contribution >= 4 is 18.2 Å². The second-order valence-electron chi connectivity index (χ2n) is 9.58. The van der Waals surface area contributed by atoms with E-state index in [4.69, 9.17) is 9.47 Å². The van der Waals surface area contributed by atoms with Gasteiger partial charge in [-0.2, -0.15) is 0 Å². The first-order valence-electron chi connectivity index (χ1n) is 12.3. The van der Waals surface area contributed by atoms with Crippen LogP contribution in [-0.4, -0.2) is 61.3 Å². The predicted molar refractivity (Wildman–Crippen MR) is 143 cm³/mol. The second kappa shape index (κ2) is 11.7. The molecule has 3 aromatic rings. The number of urea groups is 1. The maximum Gasteiger partial charge on any atom is 0.573 e. The normalized spacial score (nSPS) is 15.7. The molecule has 3 aromatic carbocycles. The van der Waals surface area contributed by atoms with Gasteiger partial charge in [0.15, 0.2) is 0 Å². The minimum Gasteiger partial charge on any atom is -0.497 e. The average Bonchev–Trinajstić information content (AvgIpc) is 3.11. The van der Waals surface area contributed by atoms with Gasteiger partial charge in [0.1, 0.15) is 35.4 Å². The summed E-state index contributed by atoms with van der Waals surface area (Å²) in [6.45, 7) is 3.37. The number of carbonyl (C=O) groups is 2. The lowest BCUT2D eigenvalue weighted by Gasteiger charge is -2.20. The molecule has 11 heteroatoms. The van der Waals surface area contributed by atoms with Crippen LogP contribution >= 0.6 is 0 Å². The van der Waals surface area contributed by atoms with Gasteiger partial charge in [-0.3, -0.25) is 14.7 Å². The van der Waals surface area contributed by atoms with E-state index in [0.29, 0.717) is 17.1 Å². The molecule has 4 rings (SSSR count). The van der Waals surface area contributed by atoms with Crippen LogP contribution in [0.2, 0.25) is 0 Å². The molecule has 8 nitrogen and oxygen atoms in total. The minimum absolute atomic E-state index is 0.0190. The molecule has 3 amide bonds. The quantitative estimate of drug-likeness (QED) is 0.265. The third kappa shape index (κ3) is 7.31. The number of methoxy groups -OCH3 is 1. The second-order valence-corrected chi connectivity index (χ2v) is 9.58. The van der Waals surface area contributed by atoms with Crippen molar-refractivity contribution in [2.75, 3.05) is 20.3 Å². The monoisotopic (exact) mass is 555 g/mol. The Hall–Kier alpha value is -4.54. The summed E-state index contributed by atoms with van der Waals surface area (Å²) in [5.74, 6) is 0.569. The number of amides is 3. The highest BCUT2D eigenvalue weighted by Crippen LogP contribution is 2.28. The fourth-order valence-electron chi connectivity index (χ4n) is 4.00. The number of ether oxygens (including phenoxy) is 3. The SMILES string of the molecule is COc1ccc(C=N[C@H](COc2ccc(-c3ccc(OC(F)(F)F)cc3)cc2)CN2C(=O)NC(C)(C)C2=O)cc1. The minimum atomic E-state index is -4.75. The molecule has 0 saturated carbocycles. The van der Waals surface area contributed by atoms with Gasteiger partial charge in [-0.05, 0) is 79.1 Å². The van der Waals surface area contributed by atoms with Crippen molar-refractivity contribution in [2.24, 2.45) is 4.99 Å². The van der Waals surface area contributed by atoms with Crippen molar-refractivity contribution in [3.8, 4) is 28.4 Å². The zero-order valence-electron chi connectivity index (χ0n) is 22.1. The first kappa shape index (κ1) is 28.5. The lowest BCUT2D eigenvalue weighted by atomic mass is 10.1. The molecule has 0 unspecified atom stereocenters. The molecular formula is C29H28F3N3O5. The number of nitrogens with zero attached hydrogens (tertiary/aromatic N) is 2. The lowest BCUT2D eigenvalue weighted by Crippen LogP contribution is -2.42. The Balaban J connectivity index is 1.44. The largest absolute Gasteiger partial charge is 0.573 e. The van der Waals surface area contributed by atoms with Gasteiger partial charge in [0.2, 0.25) is 0 Å². The van der Waals surface area contributed by atoms with Crippen molar-refractivity contribution in [1.29, 1.82) is 0 Å². The Bertz CT molecular complexity index is 1360. The summed E-state index contributed by atoms with van der Waals surface area (Å²) in [4.78, 5) is 30.9. The molecule has 1 aliphatic heterocycles. The molecule has 1 fully saturated rings. The van der Waals surface area contributed by atoms with Crippen molar-refractivity contribution in [2.45, 2.75) is 31.8 Å². The maximum absolute atomic E-state index is 12.7. The van der Waals surface area contributed by atoms with Crippen molar-refractivity contribution in [3.63, 3.8) is 0 Å². The van der Waals surface area contributed by atoms with Gasteiger partial charge in [0.25, 0.3) is 5.91 Å². The number of hydrogen-bond donors (Lipinski definition) is 1. The Morgan fingerprint density at radius 1 is 0.900 bits per heavy atom. The standard InChI is InChI=1S/C29H28F3N3O5/c1-28(2)26(36)35(27(37)34-28)17-22(33-16-19-4-10-23(38-3)11-5-19)18-39-24-12-6-20(7-13-24)21-8-14-25(15-9-21)40-29(30,31)32/h4-16,22H,17-18H2,1-3H3,(H,34,37)/t22-/m0/s1. The molecule has 1 heterocycles. The molecule has 0 aliphatic carbocycles. The van der Waals surface area contributed by atoms with Crippen LogP contribution in [0, 0.1) is 0 Å². The molecule has 1 aliphatic rings. The van der Waals surface area contributed by atoms with E-state index < -0.39 is 24.0 Å². The number of alkyl halides is 3. The smallest absolute Gasteiger partial charge is 0.497 e. The summed E-state index contributed by atoms with van der Waals surface area (Å²) in [6.07, 6.45) is -3.11. The summed E-state index contributed by atoms with van der Waals surface area (Å²) in [5.41, 5.74) is 1.26. The van der Waals surface area contributed by atoms with E-state index in [9.17, 15) is 22.8 Å². The van der Waals surface area contributed by atoms with E-state index in [1.54, 1.807) is 63.6 Å². The number of aliphatic imine (C=N–C) groups is 1. The van der Waals surface area contributed by atoms with Crippen LogP contribution in [-0.2, 0) is 4.79 Å². The molecular weight excluding hydrogens is 527 g/mol. The average molecular weight is 556 g/mol. The Morgan fingerprint density at radius 2 is 1.45 bits per heavy atom. The van der Waals surface area contributed by atoms with Gasteiger partial charge in [-0.25, -0.2) is 4.79 Å². The van der Waals surface area contributed by atoms with Crippen LogP contribution in [0.15, 0.2) is 77.8 Å². The molecule has 0 radical (unpaired) electrons. The Kier molecular flexibility index (Phi) is 8.32. The van der Waals surface area contributed by atoms with Crippen LogP contribution in [0.25, 0.3) is 11.1 Å². The van der Waals surface area contributed by atoms with E-state index in [2.05, 4.69) is 15.0 Å². The van der Waals surface area contributed by atoms with Gasteiger partial charge in [-0.1, -0.05) is 24.3 Å². The summed E-state index contributed by atoms with van der Waals surface area (Å²) in [7, 11) is 1.58.